The molecule has 20 heavy (non-hydrogen) atoms. The van der Waals surface area contributed by atoms with Crippen molar-refractivity contribution in [3.63, 3.8) is 0 Å². The summed E-state index contributed by atoms with van der Waals surface area (Å²) in [5.74, 6) is -0.0564. The number of nitrogens with zero attached hydrogens (tertiary/aromatic N) is 1. The monoisotopic (exact) mass is 277 g/mol. The first kappa shape index (κ1) is 14.8. The van der Waals surface area contributed by atoms with E-state index in [1.54, 1.807) is 0 Å². The van der Waals surface area contributed by atoms with Crippen molar-refractivity contribution in [3.8, 4) is 0 Å². The lowest BCUT2D eigenvalue weighted by molar-refractivity contribution is -0.121. The molecule has 0 saturated carbocycles. The summed E-state index contributed by atoms with van der Waals surface area (Å²) >= 11 is 0. The molecule has 5 heteroatoms. The number of nitrogens with one attached hydrogen (secondary N) is 1. The summed E-state index contributed by atoms with van der Waals surface area (Å²) in [6, 6.07) is 5.34. The number of nitrogens with two attached hydrogens (primary N) is 1. The summed E-state index contributed by atoms with van der Waals surface area (Å²) in [4.78, 5) is 14.4. The van der Waals surface area contributed by atoms with Crippen LogP contribution in [0, 0.1) is 6.92 Å². The largest absolute Gasteiger partial charge is 0.398 e. The van der Waals surface area contributed by atoms with E-state index in [9.17, 15) is 9.90 Å². The molecule has 0 bridgehead atoms. The average molecular weight is 277 g/mol. The number of benzene rings is 1. The van der Waals surface area contributed by atoms with Crippen LogP contribution in [0.2, 0.25) is 0 Å². The van der Waals surface area contributed by atoms with Crippen molar-refractivity contribution in [1.29, 1.82) is 0 Å². The molecular formula is C15H23N3O2. The van der Waals surface area contributed by atoms with E-state index in [1.807, 2.05) is 32.0 Å². The summed E-state index contributed by atoms with van der Waals surface area (Å²) in [6.07, 6.45) is 1.98. The maximum atomic E-state index is 12.3. The molecule has 0 aromatic heterocycles. The van der Waals surface area contributed by atoms with Crippen LogP contribution in [0.15, 0.2) is 18.2 Å². The first-order chi connectivity index (χ1) is 9.54. The zero-order valence-corrected chi connectivity index (χ0v) is 12.1. The number of hydrogen-bond donors (Lipinski definition) is 3. The van der Waals surface area contributed by atoms with Gasteiger partial charge in [-0.05, 0) is 50.9 Å². The minimum absolute atomic E-state index is 0.0564. The fourth-order valence-corrected chi connectivity index (χ4v) is 2.74. The smallest absolute Gasteiger partial charge is 0.241 e. The molecule has 1 aromatic rings. The minimum Gasteiger partial charge on any atom is -0.398 e. The number of aliphatic hydroxyl groups excluding tert-OH is 1. The van der Waals surface area contributed by atoms with E-state index in [0.717, 1.165) is 30.6 Å². The fraction of sp³-hybridized carbons (Fsp3) is 0.533. The lowest BCUT2D eigenvalue weighted by Gasteiger charge is -2.28. The number of carbonyl (C=O) groups excluding carboxylic acids is 1. The van der Waals surface area contributed by atoms with Crippen LogP contribution in [0.4, 0.5) is 11.4 Å². The Morgan fingerprint density at radius 1 is 1.60 bits per heavy atom. The first-order valence-corrected chi connectivity index (χ1v) is 7.07. The lowest BCUT2D eigenvalue weighted by Crippen LogP contribution is -2.45. The molecule has 2 unspecified atom stereocenters. The summed E-state index contributed by atoms with van der Waals surface area (Å²) in [7, 11) is 0. The number of amides is 1. The van der Waals surface area contributed by atoms with Crippen LogP contribution in [0.3, 0.4) is 0 Å². The highest BCUT2D eigenvalue weighted by Crippen LogP contribution is 2.23. The van der Waals surface area contributed by atoms with Gasteiger partial charge in [0.15, 0.2) is 0 Å². The highest BCUT2D eigenvalue weighted by atomic mass is 16.3. The molecule has 1 saturated heterocycles. The maximum absolute atomic E-state index is 12.3. The second-order valence-electron chi connectivity index (χ2n) is 5.40. The van der Waals surface area contributed by atoms with Gasteiger partial charge >= 0.3 is 0 Å². The fourth-order valence-electron chi connectivity index (χ4n) is 2.74. The van der Waals surface area contributed by atoms with E-state index >= 15 is 0 Å². The number of hydrogen-bond acceptors (Lipinski definition) is 4. The van der Waals surface area contributed by atoms with Crippen molar-refractivity contribution in [2.45, 2.75) is 38.8 Å². The number of likely N-dealkylation sites (tertiary alicyclic amines) is 1. The molecule has 0 spiro atoms. The third kappa shape index (κ3) is 2.94. The second kappa shape index (κ2) is 6.24. The molecule has 110 valence electrons. The molecule has 1 heterocycles. The van der Waals surface area contributed by atoms with Crippen LogP contribution in [0.25, 0.3) is 0 Å². The van der Waals surface area contributed by atoms with E-state index in [0.29, 0.717) is 5.69 Å². The third-order valence-corrected chi connectivity index (χ3v) is 4.14. The van der Waals surface area contributed by atoms with Gasteiger partial charge in [-0.3, -0.25) is 9.69 Å². The van der Waals surface area contributed by atoms with Crippen LogP contribution in [-0.2, 0) is 4.79 Å². The van der Waals surface area contributed by atoms with Gasteiger partial charge in [0, 0.05) is 17.4 Å². The molecule has 1 aliphatic heterocycles. The van der Waals surface area contributed by atoms with Crippen molar-refractivity contribution in [2.75, 3.05) is 24.2 Å². The molecule has 0 aliphatic carbocycles. The van der Waals surface area contributed by atoms with Gasteiger partial charge in [0.25, 0.3) is 0 Å². The maximum Gasteiger partial charge on any atom is 0.241 e. The van der Waals surface area contributed by atoms with E-state index in [2.05, 4.69) is 10.2 Å². The predicted octanol–water partition coefficient (Wildman–Crippen LogP) is 1.36. The van der Waals surface area contributed by atoms with E-state index in [1.165, 1.54) is 0 Å². The predicted molar refractivity (Wildman–Crippen MR) is 80.5 cm³/mol. The highest BCUT2D eigenvalue weighted by molar-refractivity contribution is 5.95. The van der Waals surface area contributed by atoms with E-state index < -0.39 is 0 Å². The summed E-state index contributed by atoms with van der Waals surface area (Å²) in [5, 5.41) is 12.3. The molecular weight excluding hydrogens is 254 g/mol. The molecule has 4 N–H and O–H groups in total. The van der Waals surface area contributed by atoms with Gasteiger partial charge in [0.2, 0.25) is 5.91 Å². The number of anilines is 2. The summed E-state index contributed by atoms with van der Waals surface area (Å²) in [5.41, 5.74) is 8.15. The molecule has 2 rings (SSSR count). The van der Waals surface area contributed by atoms with Crippen LogP contribution in [0.1, 0.15) is 25.3 Å². The van der Waals surface area contributed by atoms with Crippen molar-refractivity contribution in [2.24, 2.45) is 0 Å². The van der Waals surface area contributed by atoms with Crippen LogP contribution >= 0.6 is 0 Å². The summed E-state index contributed by atoms with van der Waals surface area (Å²) in [6.45, 7) is 4.73. The van der Waals surface area contributed by atoms with Gasteiger partial charge in [-0.1, -0.05) is 6.07 Å². The Balaban J connectivity index is 2.06. The molecule has 5 nitrogen and oxygen atoms in total. The Kier molecular flexibility index (Phi) is 4.62. The average Bonchev–Trinajstić information content (AvgIpc) is 2.91. The van der Waals surface area contributed by atoms with Crippen LogP contribution in [-0.4, -0.2) is 41.1 Å². The topological polar surface area (TPSA) is 78.6 Å². The van der Waals surface area contributed by atoms with E-state index in [4.69, 9.17) is 5.73 Å². The lowest BCUT2D eigenvalue weighted by atomic mass is 10.1. The molecule has 1 fully saturated rings. The highest BCUT2D eigenvalue weighted by Gasteiger charge is 2.31. The summed E-state index contributed by atoms with van der Waals surface area (Å²) < 4.78 is 0. The molecule has 1 aliphatic rings. The van der Waals surface area contributed by atoms with Gasteiger partial charge in [-0.2, -0.15) is 0 Å². The van der Waals surface area contributed by atoms with Gasteiger partial charge in [-0.25, -0.2) is 0 Å². The van der Waals surface area contributed by atoms with Crippen molar-refractivity contribution in [1.82, 2.24) is 4.90 Å². The van der Waals surface area contributed by atoms with Gasteiger partial charge in [0.1, 0.15) is 0 Å². The molecule has 2 atom stereocenters. The zero-order chi connectivity index (χ0) is 14.7. The Hall–Kier alpha value is -1.59. The number of nitrogen functional groups attached to an aromatic ring is 1. The van der Waals surface area contributed by atoms with E-state index in [-0.39, 0.29) is 24.6 Å². The standard InChI is InChI=1S/C15H23N3O2/c1-10-13(16)6-3-7-14(10)17-15(20)11(2)18-8-4-5-12(18)9-19/h3,6-7,11-12,19H,4-5,8-9,16H2,1-2H3,(H,17,20). The Labute approximate surface area is 119 Å². The van der Waals surface area contributed by atoms with Crippen molar-refractivity contribution >= 4 is 17.3 Å². The van der Waals surface area contributed by atoms with Gasteiger partial charge < -0.3 is 16.2 Å². The number of carbonyl (C=O) groups is 1. The van der Waals surface area contributed by atoms with Crippen LogP contribution in [0.5, 0.6) is 0 Å². The number of aliphatic hydroxyl groups is 1. The number of rotatable bonds is 4. The van der Waals surface area contributed by atoms with Gasteiger partial charge in [0.05, 0.1) is 12.6 Å². The Bertz CT molecular complexity index is 490. The normalized spacial score (nSPS) is 20.9. The quantitative estimate of drug-likeness (QED) is 0.726. The molecule has 1 amide bonds. The first-order valence-electron chi connectivity index (χ1n) is 7.07. The van der Waals surface area contributed by atoms with Crippen molar-refractivity contribution < 1.29 is 9.90 Å². The van der Waals surface area contributed by atoms with Crippen molar-refractivity contribution in [3.05, 3.63) is 23.8 Å². The Morgan fingerprint density at radius 2 is 2.35 bits per heavy atom. The third-order valence-electron chi connectivity index (χ3n) is 4.14. The Morgan fingerprint density at radius 3 is 3.05 bits per heavy atom. The SMILES string of the molecule is Cc1c(N)cccc1NC(=O)C(C)N1CCCC1CO. The zero-order valence-electron chi connectivity index (χ0n) is 12.1. The molecule has 0 radical (unpaired) electrons. The molecule has 1 aromatic carbocycles. The van der Waals surface area contributed by atoms with Crippen LogP contribution < -0.4 is 11.1 Å². The van der Waals surface area contributed by atoms with Gasteiger partial charge in [-0.15, -0.1) is 0 Å². The minimum atomic E-state index is -0.254. The second-order valence-corrected chi connectivity index (χ2v) is 5.40.